The van der Waals surface area contributed by atoms with Crippen molar-refractivity contribution in [2.24, 2.45) is 11.3 Å². The molecule has 0 aliphatic heterocycles. The van der Waals surface area contributed by atoms with Crippen molar-refractivity contribution in [3.8, 4) is 0 Å². The predicted molar refractivity (Wildman–Crippen MR) is 75.3 cm³/mol. The largest absolute Gasteiger partial charge is 0.320 e. The Kier molecular flexibility index (Phi) is 5.34. The van der Waals surface area contributed by atoms with Crippen molar-refractivity contribution in [3.05, 3.63) is 0 Å². The third-order valence-electron chi connectivity index (χ3n) is 5.36. The summed E-state index contributed by atoms with van der Waals surface area (Å²) in [6.07, 6.45) is 18.1. The van der Waals surface area contributed by atoms with Crippen molar-refractivity contribution in [2.75, 3.05) is 13.6 Å². The van der Waals surface area contributed by atoms with Crippen LogP contribution in [-0.2, 0) is 0 Å². The zero-order valence-corrected chi connectivity index (χ0v) is 11.8. The van der Waals surface area contributed by atoms with Gasteiger partial charge in [0.25, 0.3) is 0 Å². The molecule has 0 aromatic rings. The molecule has 1 nitrogen and oxygen atoms in total. The average molecular weight is 237 g/mol. The lowest BCUT2D eigenvalue weighted by atomic mass is 9.64. The summed E-state index contributed by atoms with van der Waals surface area (Å²) in [6, 6.07) is 0. The summed E-state index contributed by atoms with van der Waals surface area (Å²) < 4.78 is 0. The first kappa shape index (κ1) is 13.4. The summed E-state index contributed by atoms with van der Waals surface area (Å²) in [5.74, 6) is 1.10. The predicted octanol–water partition coefficient (Wildman–Crippen LogP) is 4.52. The first-order valence-corrected chi connectivity index (χ1v) is 7.99. The highest BCUT2D eigenvalue weighted by Crippen LogP contribution is 2.47. The number of rotatable bonds is 8. The van der Waals surface area contributed by atoms with Gasteiger partial charge in [0, 0.05) is 0 Å². The van der Waals surface area contributed by atoms with Crippen molar-refractivity contribution in [1.82, 2.24) is 5.32 Å². The van der Waals surface area contributed by atoms with Gasteiger partial charge in [0.2, 0.25) is 0 Å². The first-order valence-electron chi connectivity index (χ1n) is 7.99. The summed E-state index contributed by atoms with van der Waals surface area (Å²) in [5, 5.41) is 3.33. The average Bonchev–Trinajstić information content (AvgIpc) is 2.79. The smallest absolute Gasteiger partial charge is 0.00466 e. The minimum atomic E-state index is 0.763. The molecule has 0 radical (unpaired) electrons. The van der Waals surface area contributed by atoms with Crippen LogP contribution in [0.5, 0.6) is 0 Å². The Hall–Kier alpha value is -0.0400. The molecule has 0 heterocycles. The fraction of sp³-hybridized carbons (Fsp3) is 1.00. The molecule has 0 amide bonds. The molecule has 0 bridgehead atoms. The standard InChI is InChI=1S/C16H31N/c1-17-14-13-16(11-6-12-16)10-5-4-9-15-7-2-3-8-15/h15,17H,2-14H2,1H3. The number of hydrogen-bond donors (Lipinski definition) is 1. The van der Waals surface area contributed by atoms with E-state index in [-0.39, 0.29) is 0 Å². The molecule has 2 aliphatic rings. The molecule has 0 aromatic carbocycles. The van der Waals surface area contributed by atoms with Crippen molar-refractivity contribution in [2.45, 2.75) is 77.0 Å². The van der Waals surface area contributed by atoms with Crippen LogP contribution in [0.25, 0.3) is 0 Å². The molecule has 1 N–H and O–H groups in total. The van der Waals surface area contributed by atoms with E-state index in [0.29, 0.717) is 0 Å². The second-order valence-corrected chi connectivity index (χ2v) is 6.60. The fourth-order valence-corrected chi connectivity index (χ4v) is 3.92. The topological polar surface area (TPSA) is 12.0 Å². The third-order valence-corrected chi connectivity index (χ3v) is 5.36. The van der Waals surface area contributed by atoms with Crippen LogP contribution in [0.3, 0.4) is 0 Å². The molecule has 0 spiro atoms. The van der Waals surface area contributed by atoms with Crippen LogP contribution < -0.4 is 5.32 Å². The molecular weight excluding hydrogens is 206 g/mol. The molecule has 2 saturated carbocycles. The van der Waals surface area contributed by atoms with Crippen molar-refractivity contribution in [1.29, 1.82) is 0 Å². The summed E-state index contributed by atoms with van der Waals surface area (Å²) in [7, 11) is 2.09. The second kappa shape index (κ2) is 6.78. The van der Waals surface area contributed by atoms with Crippen molar-refractivity contribution >= 4 is 0 Å². The lowest BCUT2D eigenvalue weighted by molar-refractivity contribution is 0.102. The van der Waals surface area contributed by atoms with Gasteiger partial charge in [-0.05, 0) is 50.6 Å². The van der Waals surface area contributed by atoms with Gasteiger partial charge in [-0.2, -0.15) is 0 Å². The quantitative estimate of drug-likeness (QED) is 0.612. The number of nitrogens with one attached hydrogen (secondary N) is 1. The van der Waals surface area contributed by atoms with Crippen LogP contribution in [0.1, 0.15) is 77.0 Å². The van der Waals surface area contributed by atoms with E-state index >= 15 is 0 Å². The van der Waals surface area contributed by atoms with E-state index in [1.54, 1.807) is 0 Å². The molecule has 0 saturated heterocycles. The molecule has 1 heteroatoms. The molecule has 0 unspecified atom stereocenters. The summed E-state index contributed by atoms with van der Waals surface area (Å²) in [5.41, 5.74) is 0.763. The molecule has 2 rings (SSSR count). The molecule has 2 aliphatic carbocycles. The normalized spacial score (nSPS) is 23.8. The lowest BCUT2D eigenvalue weighted by Gasteiger charge is -2.42. The van der Waals surface area contributed by atoms with E-state index < -0.39 is 0 Å². The van der Waals surface area contributed by atoms with Gasteiger partial charge in [0.05, 0.1) is 0 Å². The maximum atomic E-state index is 3.33. The maximum Gasteiger partial charge on any atom is -0.00466 e. The van der Waals surface area contributed by atoms with Crippen LogP contribution in [0.4, 0.5) is 0 Å². The van der Waals surface area contributed by atoms with Gasteiger partial charge in [0.1, 0.15) is 0 Å². The Morgan fingerprint density at radius 1 is 1.00 bits per heavy atom. The van der Waals surface area contributed by atoms with Crippen molar-refractivity contribution in [3.63, 3.8) is 0 Å². The van der Waals surface area contributed by atoms with Crippen LogP contribution in [0.2, 0.25) is 0 Å². The Balaban J connectivity index is 1.56. The van der Waals surface area contributed by atoms with Gasteiger partial charge in [0.15, 0.2) is 0 Å². The van der Waals surface area contributed by atoms with Gasteiger partial charge in [-0.1, -0.05) is 51.4 Å². The van der Waals surface area contributed by atoms with Gasteiger partial charge >= 0.3 is 0 Å². The Morgan fingerprint density at radius 3 is 2.35 bits per heavy atom. The number of unbranched alkanes of at least 4 members (excludes halogenated alkanes) is 1. The zero-order valence-electron chi connectivity index (χ0n) is 11.8. The number of hydrogen-bond acceptors (Lipinski definition) is 1. The van der Waals surface area contributed by atoms with Crippen LogP contribution in [0, 0.1) is 11.3 Å². The van der Waals surface area contributed by atoms with E-state index in [1.165, 1.54) is 83.6 Å². The Bertz CT molecular complexity index is 202. The SMILES string of the molecule is CNCCC1(CCCCC2CCCC2)CCC1. The monoisotopic (exact) mass is 237 g/mol. The first-order chi connectivity index (χ1) is 8.35. The van der Waals surface area contributed by atoms with Gasteiger partial charge in [-0.15, -0.1) is 0 Å². The van der Waals surface area contributed by atoms with E-state index in [4.69, 9.17) is 0 Å². The Labute approximate surface area is 108 Å². The lowest BCUT2D eigenvalue weighted by Crippen LogP contribution is -2.32. The molecule has 17 heavy (non-hydrogen) atoms. The summed E-state index contributed by atoms with van der Waals surface area (Å²) >= 11 is 0. The van der Waals surface area contributed by atoms with Crippen LogP contribution in [-0.4, -0.2) is 13.6 Å². The zero-order chi connectivity index (χ0) is 12.0. The fourth-order valence-electron chi connectivity index (χ4n) is 3.92. The minimum Gasteiger partial charge on any atom is -0.320 e. The summed E-state index contributed by atoms with van der Waals surface area (Å²) in [4.78, 5) is 0. The second-order valence-electron chi connectivity index (χ2n) is 6.60. The van der Waals surface area contributed by atoms with E-state index in [0.717, 1.165) is 11.3 Å². The minimum absolute atomic E-state index is 0.763. The molecular formula is C16H31N. The van der Waals surface area contributed by atoms with Crippen LogP contribution in [0.15, 0.2) is 0 Å². The van der Waals surface area contributed by atoms with Crippen LogP contribution >= 0.6 is 0 Å². The Morgan fingerprint density at radius 2 is 1.76 bits per heavy atom. The van der Waals surface area contributed by atoms with Crippen molar-refractivity contribution < 1.29 is 0 Å². The summed E-state index contributed by atoms with van der Waals surface area (Å²) in [6.45, 7) is 1.22. The molecule has 0 aromatic heterocycles. The molecule has 2 fully saturated rings. The van der Waals surface area contributed by atoms with Gasteiger partial charge in [-0.3, -0.25) is 0 Å². The maximum absolute atomic E-state index is 3.33. The highest BCUT2D eigenvalue weighted by molar-refractivity contribution is 4.88. The van der Waals surface area contributed by atoms with Gasteiger partial charge in [-0.25, -0.2) is 0 Å². The molecule has 100 valence electrons. The van der Waals surface area contributed by atoms with E-state index in [1.807, 2.05) is 0 Å². The van der Waals surface area contributed by atoms with E-state index in [9.17, 15) is 0 Å². The van der Waals surface area contributed by atoms with Gasteiger partial charge < -0.3 is 5.32 Å². The van der Waals surface area contributed by atoms with E-state index in [2.05, 4.69) is 12.4 Å². The highest BCUT2D eigenvalue weighted by atomic mass is 14.8. The molecule has 0 atom stereocenters. The highest BCUT2D eigenvalue weighted by Gasteiger charge is 2.35. The third kappa shape index (κ3) is 3.98.